The van der Waals surface area contributed by atoms with Crippen molar-refractivity contribution in [1.82, 2.24) is 4.90 Å². The first kappa shape index (κ1) is 17.6. The van der Waals surface area contributed by atoms with Gasteiger partial charge in [-0.2, -0.15) is 0 Å². The van der Waals surface area contributed by atoms with E-state index in [2.05, 4.69) is 18.7 Å². The van der Waals surface area contributed by atoms with Crippen molar-refractivity contribution in [1.29, 1.82) is 0 Å². The molecule has 1 aromatic rings. The molecule has 0 N–H and O–H groups in total. The van der Waals surface area contributed by atoms with Gasteiger partial charge in [0, 0.05) is 37.7 Å². The Morgan fingerprint density at radius 3 is 2.96 bits per heavy atom. The number of hydrogen-bond donors (Lipinski definition) is 0. The van der Waals surface area contributed by atoms with E-state index in [1.807, 2.05) is 23.1 Å². The lowest BCUT2D eigenvalue weighted by molar-refractivity contribution is -0.133. The van der Waals surface area contributed by atoms with Gasteiger partial charge in [0.15, 0.2) is 0 Å². The smallest absolute Gasteiger partial charge is 0.241 e. The molecule has 4 aliphatic rings. The number of allylic oxidation sites excluding steroid dienone is 4. The number of likely N-dealkylation sites (tertiary alicyclic amines) is 1. The highest BCUT2D eigenvalue weighted by Crippen LogP contribution is 2.51. The molecule has 0 saturated carbocycles. The molecular formula is C23H25NO4. The van der Waals surface area contributed by atoms with Gasteiger partial charge in [-0.25, -0.2) is 0 Å². The molecule has 28 heavy (non-hydrogen) atoms. The van der Waals surface area contributed by atoms with Crippen LogP contribution in [0.5, 0.6) is 11.5 Å². The quantitative estimate of drug-likeness (QED) is 0.755. The molecule has 146 valence electrons. The van der Waals surface area contributed by atoms with Crippen molar-refractivity contribution in [3.63, 3.8) is 0 Å². The summed E-state index contributed by atoms with van der Waals surface area (Å²) in [7, 11) is 0. The molecule has 4 aliphatic heterocycles. The Morgan fingerprint density at radius 2 is 2.14 bits per heavy atom. The summed E-state index contributed by atoms with van der Waals surface area (Å²) in [6.07, 6.45) is 10.7. The third kappa shape index (κ3) is 2.60. The van der Waals surface area contributed by atoms with Crippen molar-refractivity contribution in [3.8, 4) is 11.5 Å². The Labute approximate surface area is 165 Å². The zero-order valence-corrected chi connectivity index (χ0v) is 16.0. The summed E-state index contributed by atoms with van der Waals surface area (Å²) in [5.41, 5.74) is 2.48. The zero-order chi connectivity index (χ0) is 19.1. The average Bonchev–Trinajstić information content (AvgIpc) is 3.47. The fourth-order valence-electron chi connectivity index (χ4n) is 4.81. The van der Waals surface area contributed by atoms with Gasteiger partial charge in [-0.15, -0.1) is 0 Å². The summed E-state index contributed by atoms with van der Waals surface area (Å²) in [4.78, 5) is 15.6. The molecule has 0 aliphatic carbocycles. The summed E-state index contributed by atoms with van der Waals surface area (Å²) in [6.45, 7) is 6.82. The molecule has 1 amide bonds. The fourth-order valence-corrected chi connectivity index (χ4v) is 4.81. The SMILES string of the molecule is C=C/C=C\C=C1/CN(CC2CCCO2)C(=O)C12COc1cc3c(cc12)CCO3. The molecule has 0 bridgehead atoms. The van der Waals surface area contributed by atoms with E-state index in [-0.39, 0.29) is 12.0 Å². The van der Waals surface area contributed by atoms with Crippen molar-refractivity contribution < 1.29 is 19.0 Å². The maximum atomic E-state index is 13.7. The standard InChI is InChI=1S/C23H25NO4/c1-2-3-4-6-17-13-24(14-18-7-5-9-26-18)22(25)23(17)15-28-21-12-20-16(8-10-27-20)11-19(21)23/h2-4,6,11-12,18H,1,5,7-10,13-15H2/b4-3-,17-6+. The number of benzene rings is 1. The summed E-state index contributed by atoms with van der Waals surface area (Å²) < 4.78 is 17.5. The van der Waals surface area contributed by atoms with E-state index in [1.54, 1.807) is 6.08 Å². The lowest BCUT2D eigenvalue weighted by atomic mass is 9.76. The molecule has 0 radical (unpaired) electrons. The van der Waals surface area contributed by atoms with Gasteiger partial charge in [-0.05, 0) is 30.0 Å². The number of rotatable bonds is 4. The summed E-state index contributed by atoms with van der Waals surface area (Å²) in [5.74, 6) is 1.78. The van der Waals surface area contributed by atoms with Gasteiger partial charge < -0.3 is 19.1 Å². The fraction of sp³-hybridized carbons (Fsp3) is 0.435. The molecule has 5 heteroatoms. The van der Waals surface area contributed by atoms with Gasteiger partial charge in [-0.3, -0.25) is 4.79 Å². The van der Waals surface area contributed by atoms with Crippen LogP contribution in [0.3, 0.4) is 0 Å². The van der Waals surface area contributed by atoms with E-state index in [1.165, 1.54) is 0 Å². The maximum Gasteiger partial charge on any atom is 0.241 e. The third-order valence-electron chi connectivity index (χ3n) is 6.25. The van der Waals surface area contributed by atoms with Gasteiger partial charge in [0.05, 0.1) is 12.7 Å². The number of nitrogens with zero attached hydrogens (tertiary/aromatic N) is 1. The largest absolute Gasteiger partial charge is 0.493 e. The van der Waals surface area contributed by atoms with Crippen molar-refractivity contribution in [2.75, 3.05) is 32.9 Å². The van der Waals surface area contributed by atoms with E-state index >= 15 is 0 Å². The van der Waals surface area contributed by atoms with Crippen molar-refractivity contribution in [2.45, 2.75) is 30.8 Å². The normalized spacial score (nSPS) is 29.6. The molecule has 2 unspecified atom stereocenters. The number of hydrogen-bond acceptors (Lipinski definition) is 4. The van der Waals surface area contributed by atoms with E-state index in [4.69, 9.17) is 14.2 Å². The number of carbonyl (C=O) groups is 1. The van der Waals surface area contributed by atoms with Crippen LogP contribution in [0.1, 0.15) is 24.0 Å². The third-order valence-corrected chi connectivity index (χ3v) is 6.25. The molecule has 5 nitrogen and oxygen atoms in total. The zero-order valence-electron chi connectivity index (χ0n) is 16.0. The molecular weight excluding hydrogens is 354 g/mol. The first-order valence-corrected chi connectivity index (χ1v) is 10.0. The number of carbonyl (C=O) groups excluding carboxylic acids is 1. The Bertz CT molecular complexity index is 881. The van der Waals surface area contributed by atoms with Gasteiger partial charge in [0.1, 0.15) is 23.5 Å². The van der Waals surface area contributed by atoms with Crippen LogP contribution >= 0.6 is 0 Å². The van der Waals surface area contributed by atoms with Crippen LogP contribution in [-0.4, -0.2) is 49.8 Å². The van der Waals surface area contributed by atoms with E-state index in [0.717, 1.165) is 54.1 Å². The van der Waals surface area contributed by atoms with Crippen LogP contribution in [0.2, 0.25) is 0 Å². The number of ether oxygens (including phenoxy) is 3. The minimum atomic E-state index is -0.739. The molecule has 1 spiro atoms. The van der Waals surface area contributed by atoms with Gasteiger partial charge >= 0.3 is 0 Å². The molecule has 0 aromatic heterocycles. The highest BCUT2D eigenvalue weighted by Gasteiger charge is 2.57. The molecule has 2 fully saturated rings. The Balaban J connectivity index is 1.56. The summed E-state index contributed by atoms with van der Waals surface area (Å²) in [6, 6.07) is 4.09. The first-order chi connectivity index (χ1) is 13.7. The van der Waals surface area contributed by atoms with Crippen LogP contribution in [0, 0.1) is 0 Å². The van der Waals surface area contributed by atoms with Crippen molar-refractivity contribution in [3.05, 3.63) is 59.7 Å². The topological polar surface area (TPSA) is 48.0 Å². The first-order valence-electron chi connectivity index (χ1n) is 10.0. The molecule has 5 rings (SSSR count). The Hall–Kier alpha value is -2.53. The minimum absolute atomic E-state index is 0.124. The van der Waals surface area contributed by atoms with Crippen LogP contribution in [0.4, 0.5) is 0 Å². The van der Waals surface area contributed by atoms with E-state index in [9.17, 15) is 4.79 Å². The van der Waals surface area contributed by atoms with Crippen LogP contribution in [0.15, 0.2) is 48.6 Å². The Morgan fingerprint density at radius 1 is 1.21 bits per heavy atom. The lowest BCUT2D eigenvalue weighted by Gasteiger charge is -2.24. The number of amides is 1. The highest BCUT2D eigenvalue weighted by atomic mass is 16.5. The second-order valence-electron chi connectivity index (χ2n) is 7.88. The lowest BCUT2D eigenvalue weighted by Crippen LogP contribution is -2.42. The van der Waals surface area contributed by atoms with E-state index in [0.29, 0.717) is 26.3 Å². The van der Waals surface area contributed by atoms with Crippen LogP contribution in [-0.2, 0) is 21.4 Å². The number of fused-ring (bicyclic) bond motifs is 3. The molecule has 4 heterocycles. The minimum Gasteiger partial charge on any atom is -0.493 e. The molecule has 1 aromatic carbocycles. The van der Waals surface area contributed by atoms with Gasteiger partial charge in [-0.1, -0.05) is 30.9 Å². The monoisotopic (exact) mass is 379 g/mol. The van der Waals surface area contributed by atoms with Gasteiger partial charge in [0.25, 0.3) is 0 Å². The summed E-state index contributed by atoms with van der Waals surface area (Å²) in [5, 5.41) is 0. The van der Waals surface area contributed by atoms with Crippen LogP contribution < -0.4 is 9.47 Å². The summed E-state index contributed by atoms with van der Waals surface area (Å²) >= 11 is 0. The van der Waals surface area contributed by atoms with Crippen molar-refractivity contribution >= 4 is 5.91 Å². The molecule has 2 saturated heterocycles. The second kappa shape index (κ2) is 6.82. The predicted molar refractivity (Wildman–Crippen MR) is 106 cm³/mol. The van der Waals surface area contributed by atoms with Gasteiger partial charge in [0.2, 0.25) is 5.91 Å². The Kier molecular flexibility index (Phi) is 4.27. The second-order valence-corrected chi connectivity index (χ2v) is 7.88. The van der Waals surface area contributed by atoms with E-state index < -0.39 is 5.41 Å². The maximum absolute atomic E-state index is 13.7. The average molecular weight is 379 g/mol. The van der Waals surface area contributed by atoms with Crippen molar-refractivity contribution in [2.24, 2.45) is 0 Å². The molecule has 2 atom stereocenters. The highest BCUT2D eigenvalue weighted by molar-refractivity contribution is 5.97. The van der Waals surface area contributed by atoms with Crippen LogP contribution in [0.25, 0.3) is 0 Å². The predicted octanol–water partition coefficient (Wildman–Crippen LogP) is 2.94.